The first-order chi connectivity index (χ1) is 9.22. The standard InChI is InChI=1S/C15H21N3O.HI/c1-19-13-4-2-3-12(9-13)18-14(16)17-10-15(7-8-15)11-5-6-11;/h2-4,9,11H,5-8,10H2,1H3,(H3,16,17,18);1H. The van der Waals surface area contributed by atoms with Crippen LogP contribution in [-0.4, -0.2) is 19.6 Å². The molecule has 2 aliphatic carbocycles. The molecule has 0 bridgehead atoms. The number of hydrogen-bond acceptors (Lipinski definition) is 2. The van der Waals surface area contributed by atoms with Gasteiger partial charge in [-0.25, -0.2) is 0 Å². The first-order valence-corrected chi connectivity index (χ1v) is 6.93. The quantitative estimate of drug-likeness (QED) is 0.463. The van der Waals surface area contributed by atoms with E-state index in [0.29, 0.717) is 11.4 Å². The molecule has 2 saturated carbocycles. The molecule has 0 amide bonds. The summed E-state index contributed by atoms with van der Waals surface area (Å²) in [5, 5.41) is 3.12. The largest absolute Gasteiger partial charge is 0.497 e. The van der Waals surface area contributed by atoms with E-state index in [1.54, 1.807) is 7.11 Å². The minimum absolute atomic E-state index is 0. The Morgan fingerprint density at radius 3 is 2.80 bits per heavy atom. The van der Waals surface area contributed by atoms with Gasteiger partial charge in [0.25, 0.3) is 0 Å². The van der Waals surface area contributed by atoms with Crippen LogP contribution < -0.4 is 15.8 Å². The number of benzene rings is 1. The van der Waals surface area contributed by atoms with Gasteiger partial charge >= 0.3 is 0 Å². The minimum atomic E-state index is 0. The van der Waals surface area contributed by atoms with E-state index in [-0.39, 0.29) is 24.0 Å². The third kappa shape index (κ3) is 3.56. The van der Waals surface area contributed by atoms with Crippen molar-refractivity contribution in [3.63, 3.8) is 0 Å². The van der Waals surface area contributed by atoms with Gasteiger partial charge in [-0.2, -0.15) is 0 Å². The van der Waals surface area contributed by atoms with Gasteiger partial charge in [-0.1, -0.05) is 6.07 Å². The second kappa shape index (κ2) is 6.20. The van der Waals surface area contributed by atoms with Gasteiger partial charge in [-0.05, 0) is 49.1 Å². The van der Waals surface area contributed by atoms with Gasteiger partial charge in [-0.15, -0.1) is 24.0 Å². The van der Waals surface area contributed by atoms with E-state index in [0.717, 1.165) is 23.9 Å². The van der Waals surface area contributed by atoms with Crippen molar-refractivity contribution in [3.05, 3.63) is 24.3 Å². The van der Waals surface area contributed by atoms with Crippen LogP contribution in [0.1, 0.15) is 25.7 Å². The zero-order valence-corrected chi connectivity index (χ0v) is 14.1. The van der Waals surface area contributed by atoms with Crippen molar-refractivity contribution in [3.8, 4) is 5.75 Å². The summed E-state index contributed by atoms with van der Waals surface area (Å²) in [7, 11) is 1.66. The van der Waals surface area contributed by atoms with Gasteiger partial charge in [0.05, 0.1) is 7.11 Å². The predicted molar refractivity (Wildman–Crippen MR) is 92.9 cm³/mol. The van der Waals surface area contributed by atoms with E-state index in [1.165, 1.54) is 25.7 Å². The zero-order valence-electron chi connectivity index (χ0n) is 11.8. The van der Waals surface area contributed by atoms with Gasteiger partial charge < -0.3 is 15.8 Å². The normalized spacial score (nSPS) is 19.9. The molecule has 3 rings (SSSR count). The van der Waals surface area contributed by atoms with Gasteiger partial charge in [0.2, 0.25) is 0 Å². The molecule has 0 atom stereocenters. The van der Waals surface area contributed by atoms with E-state index in [2.05, 4.69) is 10.3 Å². The summed E-state index contributed by atoms with van der Waals surface area (Å²) >= 11 is 0. The summed E-state index contributed by atoms with van der Waals surface area (Å²) in [6.45, 7) is 0.875. The predicted octanol–water partition coefficient (Wildman–Crippen LogP) is 3.23. The Bertz CT molecular complexity index is 496. The first-order valence-electron chi connectivity index (χ1n) is 6.93. The molecule has 2 fully saturated rings. The highest BCUT2D eigenvalue weighted by Crippen LogP contribution is 2.61. The molecule has 0 unspecified atom stereocenters. The number of halogens is 1. The number of ether oxygens (including phenoxy) is 1. The molecule has 0 radical (unpaired) electrons. The molecular formula is C15H22IN3O. The zero-order chi connectivity index (χ0) is 13.3. The van der Waals surface area contributed by atoms with E-state index in [4.69, 9.17) is 10.5 Å². The molecule has 1 aromatic rings. The molecule has 2 aliphatic rings. The molecule has 0 saturated heterocycles. The van der Waals surface area contributed by atoms with Gasteiger partial charge in [-0.3, -0.25) is 4.99 Å². The highest BCUT2D eigenvalue weighted by molar-refractivity contribution is 14.0. The summed E-state index contributed by atoms with van der Waals surface area (Å²) in [4.78, 5) is 4.51. The second-order valence-corrected chi connectivity index (χ2v) is 5.70. The molecule has 0 heterocycles. The number of nitrogens with zero attached hydrogens (tertiary/aromatic N) is 1. The maximum absolute atomic E-state index is 5.95. The van der Waals surface area contributed by atoms with Crippen LogP contribution >= 0.6 is 24.0 Å². The van der Waals surface area contributed by atoms with E-state index in [9.17, 15) is 0 Å². The third-order valence-electron chi connectivity index (χ3n) is 4.24. The molecule has 110 valence electrons. The highest BCUT2D eigenvalue weighted by atomic mass is 127. The van der Waals surface area contributed by atoms with Crippen molar-refractivity contribution in [2.75, 3.05) is 19.0 Å². The number of rotatable bonds is 5. The topological polar surface area (TPSA) is 59.6 Å². The van der Waals surface area contributed by atoms with Crippen LogP contribution in [0.2, 0.25) is 0 Å². The Kier molecular flexibility index (Phi) is 4.78. The van der Waals surface area contributed by atoms with Crippen LogP contribution in [0.15, 0.2) is 29.3 Å². The summed E-state index contributed by atoms with van der Waals surface area (Å²) in [5.74, 6) is 2.23. The van der Waals surface area contributed by atoms with Crippen molar-refractivity contribution in [2.45, 2.75) is 25.7 Å². The number of nitrogens with one attached hydrogen (secondary N) is 1. The fraction of sp³-hybridized carbons (Fsp3) is 0.533. The summed E-state index contributed by atoms with van der Waals surface area (Å²) in [6.07, 6.45) is 5.43. The van der Waals surface area contributed by atoms with Crippen LogP contribution in [0, 0.1) is 11.3 Å². The average Bonchev–Trinajstić information content (AvgIpc) is 3.28. The van der Waals surface area contributed by atoms with Crippen molar-refractivity contribution in [2.24, 2.45) is 22.1 Å². The molecule has 3 N–H and O–H groups in total. The Morgan fingerprint density at radius 2 is 2.20 bits per heavy atom. The second-order valence-electron chi connectivity index (χ2n) is 5.70. The maximum Gasteiger partial charge on any atom is 0.193 e. The third-order valence-corrected chi connectivity index (χ3v) is 4.24. The molecule has 1 aromatic carbocycles. The van der Waals surface area contributed by atoms with Gasteiger partial charge in [0.1, 0.15) is 5.75 Å². The number of methoxy groups -OCH3 is 1. The number of aliphatic imine (C=N–C) groups is 1. The smallest absolute Gasteiger partial charge is 0.193 e. The monoisotopic (exact) mass is 387 g/mol. The van der Waals surface area contributed by atoms with E-state index >= 15 is 0 Å². The Hall–Kier alpha value is -0.980. The number of anilines is 1. The van der Waals surface area contributed by atoms with Crippen LogP contribution in [0.3, 0.4) is 0 Å². The molecule has 5 heteroatoms. The van der Waals surface area contributed by atoms with Gasteiger partial charge in [0.15, 0.2) is 5.96 Å². The molecule has 0 aromatic heterocycles. The molecule has 4 nitrogen and oxygen atoms in total. The molecule has 0 spiro atoms. The lowest BCUT2D eigenvalue weighted by atomic mass is 10.0. The lowest BCUT2D eigenvalue weighted by Crippen LogP contribution is -2.24. The lowest BCUT2D eigenvalue weighted by molar-refractivity contribution is 0.415. The fourth-order valence-corrected chi connectivity index (χ4v) is 2.68. The summed E-state index contributed by atoms with van der Waals surface area (Å²) in [5.41, 5.74) is 7.37. The van der Waals surface area contributed by atoms with Crippen LogP contribution in [-0.2, 0) is 0 Å². The Balaban J connectivity index is 0.00000147. The highest BCUT2D eigenvalue weighted by Gasteiger charge is 2.53. The lowest BCUT2D eigenvalue weighted by Gasteiger charge is -2.12. The van der Waals surface area contributed by atoms with Crippen molar-refractivity contribution >= 4 is 35.6 Å². The van der Waals surface area contributed by atoms with E-state index < -0.39 is 0 Å². The number of guanidine groups is 1. The van der Waals surface area contributed by atoms with Crippen LogP contribution in [0.5, 0.6) is 5.75 Å². The van der Waals surface area contributed by atoms with Crippen molar-refractivity contribution < 1.29 is 4.74 Å². The Morgan fingerprint density at radius 1 is 1.45 bits per heavy atom. The summed E-state index contributed by atoms with van der Waals surface area (Å²) in [6, 6.07) is 7.71. The molecule has 0 aliphatic heterocycles. The molecular weight excluding hydrogens is 365 g/mol. The Labute approximate surface area is 137 Å². The minimum Gasteiger partial charge on any atom is -0.497 e. The van der Waals surface area contributed by atoms with E-state index in [1.807, 2.05) is 24.3 Å². The first kappa shape index (κ1) is 15.4. The summed E-state index contributed by atoms with van der Waals surface area (Å²) < 4.78 is 5.18. The number of hydrogen-bond donors (Lipinski definition) is 2. The maximum atomic E-state index is 5.95. The fourth-order valence-electron chi connectivity index (χ4n) is 2.68. The SMILES string of the molecule is COc1cccc(NC(N)=NCC2(C3CC3)CC2)c1.I. The average molecular weight is 387 g/mol. The van der Waals surface area contributed by atoms with Crippen molar-refractivity contribution in [1.29, 1.82) is 0 Å². The van der Waals surface area contributed by atoms with Gasteiger partial charge in [0, 0.05) is 18.3 Å². The number of nitrogens with two attached hydrogens (primary N) is 1. The van der Waals surface area contributed by atoms with Crippen LogP contribution in [0.4, 0.5) is 5.69 Å². The van der Waals surface area contributed by atoms with Crippen LogP contribution in [0.25, 0.3) is 0 Å². The van der Waals surface area contributed by atoms with Crippen molar-refractivity contribution in [1.82, 2.24) is 0 Å². The molecule has 20 heavy (non-hydrogen) atoms.